The number of hydrogen-bond donors (Lipinski definition) is 1. The molecular weight excluding hydrogens is 244 g/mol. The second-order valence-electron chi connectivity index (χ2n) is 5.70. The van der Waals surface area contributed by atoms with Crippen molar-refractivity contribution in [2.75, 3.05) is 19.8 Å². The van der Waals surface area contributed by atoms with Crippen LogP contribution < -0.4 is 5.32 Å². The van der Waals surface area contributed by atoms with Crippen LogP contribution in [-0.2, 0) is 14.3 Å². The quantitative estimate of drug-likeness (QED) is 0.833. The molecule has 2 atom stereocenters. The number of nitrogens with zero attached hydrogens (tertiary/aromatic N) is 1. The molecule has 2 aliphatic heterocycles. The molecule has 108 valence electrons. The van der Waals surface area contributed by atoms with Gasteiger partial charge in [0.1, 0.15) is 6.61 Å². The van der Waals surface area contributed by atoms with Crippen LogP contribution >= 0.6 is 0 Å². The van der Waals surface area contributed by atoms with Gasteiger partial charge in [0.25, 0.3) is 0 Å². The second kappa shape index (κ2) is 5.90. The first-order valence-corrected chi connectivity index (χ1v) is 7.25. The van der Waals surface area contributed by atoms with E-state index in [-0.39, 0.29) is 30.0 Å². The number of amides is 2. The van der Waals surface area contributed by atoms with Gasteiger partial charge in [0.15, 0.2) is 0 Å². The maximum atomic E-state index is 12.2. The van der Waals surface area contributed by atoms with E-state index in [0.29, 0.717) is 13.0 Å². The van der Waals surface area contributed by atoms with Crippen molar-refractivity contribution in [3.8, 4) is 0 Å². The zero-order valence-electron chi connectivity index (χ0n) is 11.9. The van der Waals surface area contributed by atoms with Gasteiger partial charge in [0, 0.05) is 19.6 Å². The summed E-state index contributed by atoms with van der Waals surface area (Å²) in [5, 5.41) is 3.12. The highest BCUT2D eigenvalue weighted by Gasteiger charge is 2.44. The smallest absolute Gasteiger partial charge is 0.248 e. The number of fused-ring (bicyclic) bond motifs is 1. The summed E-state index contributed by atoms with van der Waals surface area (Å²) in [4.78, 5) is 25.9. The third kappa shape index (κ3) is 3.08. The molecule has 2 amide bonds. The average Bonchev–Trinajstić information content (AvgIpc) is 2.52. The fourth-order valence-corrected chi connectivity index (χ4v) is 3.31. The van der Waals surface area contributed by atoms with Crippen molar-refractivity contribution in [2.45, 2.75) is 57.5 Å². The van der Waals surface area contributed by atoms with Gasteiger partial charge in [-0.15, -0.1) is 0 Å². The molecule has 2 aliphatic rings. The largest absolute Gasteiger partial charge is 0.372 e. The molecule has 0 saturated carbocycles. The van der Waals surface area contributed by atoms with Crippen LogP contribution in [0.15, 0.2) is 0 Å². The molecule has 0 aliphatic carbocycles. The number of rotatable bonds is 3. The van der Waals surface area contributed by atoms with Crippen LogP contribution in [0.3, 0.4) is 0 Å². The van der Waals surface area contributed by atoms with Crippen LogP contribution in [0.2, 0.25) is 0 Å². The molecule has 2 rings (SSSR count). The lowest BCUT2D eigenvalue weighted by atomic mass is 9.81. The van der Waals surface area contributed by atoms with E-state index in [0.717, 1.165) is 32.2 Å². The number of ether oxygens (including phenoxy) is 1. The van der Waals surface area contributed by atoms with Gasteiger partial charge in [0.2, 0.25) is 11.8 Å². The van der Waals surface area contributed by atoms with Gasteiger partial charge in [-0.05, 0) is 39.5 Å². The lowest BCUT2D eigenvalue weighted by molar-refractivity contribution is -0.143. The Morgan fingerprint density at radius 1 is 1.53 bits per heavy atom. The molecule has 0 aromatic rings. The van der Waals surface area contributed by atoms with Crippen molar-refractivity contribution in [1.82, 2.24) is 10.2 Å². The van der Waals surface area contributed by atoms with Crippen molar-refractivity contribution in [1.29, 1.82) is 0 Å². The molecule has 19 heavy (non-hydrogen) atoms. The van der Waals surface area contributed by atoms with Crippen molar-refractivity contribution < 1.29 is 14.3 Å². The highest BCUT2D eigenvalue weighted by Crippen LogP contribution is 2.33. The molecule has 2 saturated heterocycles. The summed E-state index contributed by atoms with van der Waals surface area (Å²) < 4.78 is 5.23. The minimum absolute atomic E-state index is 0.0499. The maximum absolute atomic E-state index is 12.2. The Morgan fingerprint density at radius 3 is 3.05 bits per heavy atom. The number of carbonyl (C=O) groups is 2. The van der Waals surface area contributed by atoms with E-state index in [9.17, 15) is 9.59 Å². The van der Waals surface area contributed by atoms with Crippen LogP contribution in [0.25, 0.3) is 0 Å². The predicted octanol–water partition coefficient (Wildman–Crippen LogP) is 1.07. The minimum Gasteiger partial charge on any atom is -0.372 e. The van der Waals surface area contributed by atoms with Gasteiger partial charge in [-0.1, -0.05) is 0 Å². The SMILES string of the molecule is CCOCC(=O)N1CCC[C@]2(C)NC(=O)CCC[C@H]12. The molecule has 1 N–H and O–H groups in total. The predicted molar refractivity (Wildman–Crippen MR) is 71.6 cm³/mol. The van der Waals surface area contributed by atoms with Crippen LogP contribution in [0.4, 0.5) is 0 Å². The average molecular weight is 268 g/mol. The second-order valence-corrected chi connectivity index (χ2v) is 5.70. The monoisotopic (exact) mass is 268 g/mol. The number of piperidine rings is 1. The van der Waals surface area contributed by atoms with Crippen LogP contribution in [0.1, 0.15) is 46.0 Å². The van der Waals surface area contributed by atoms with Gasteiger partial charge in [0.05, 0.1) is 11.6 Å². The third-order valence-electron chi connectivity index (χ3n) is 4.26. The Hall–Kier alpha value is -1.10. The summed E-state index contributed by atoms with van der Waals surface area (Å²) in [7, 11) is 0. The normalized spacial score (nSPS) is 31.4. The van der Waals surface area contributed by atoms with Crippen molar-refractivity contribution in [3.05, 3.63) is 0 Å². The molecule has 0 aromatic heterocycles. The lowest BCUT2D eigenvalue weighted by Crippen LogP contribution is -2.64. The van der Waals surface area contributed by atoms with Gasteiger partial charge < -0.3 is 15.0 Å². The molecule has 5 nitrogen and oxygen atoms in total. The first-order valence-electron chi connectivity index (χ1n) is 7.25. The van der Waals surface area contributed by atoms with Crippen LogP contribution in [0, 0.1) is 0 Å². The van der Waals surface area contributed by atoms with Gasteiger partial charge in [-0.3, -0.25) is 9.59 Å². The number of nitrogens with one attached hydrogen (secondary N) is 1. The maximum Gasteiger partial charge on any atom is 0.248 e. The molecule has 2 fully saturated rings. The Bertz CT molecular complexity index is 359. The third-order valence-corrected chi connectivity index (χ3v) is 4.26. The lowest BCUT2D eigenvalue weighted by Gasteiger charge is -2.47. The minimum atomic E-state index is -0.270. The molecule has 0 radical (unpaired) electrons. The Labute approximate surface area is 114 Å². The zero-order valence-corrected chi connectivity index (χ0v) is 11.9. The summed E-state index contributed by atoms with van der Waals surface area (Å²) in [6, 6.07) is 0.112. The van der Waals surface area contributed by atoms with E-state index in [4.69, 9.17) is 4.74 Å². The molecule has 0 bridgehead atoms. The molecule has 0 aromatic carbocycles. The van der Waals surface area contributed by atoms with Crippen molar-refractivity contribution in [2.24, 2.45) is 0 Å². The fourth-order valence-electron chi connectivity index (χ4n) is 3.31. The molecule has 0 spiro atoms. The Morgan fingerprint density at radius 2 is 2.32 bits per heavy atom. The van der Waals surface area contributed by atoms with E-state index < -0.39 is 0 Å². The van der Waals surface area contributed by atoms with E-state index in [2.05, 4.69) is 12.2 Å². The number of hydrogen-bond acceptors (Lipinski definition) is 3. The molecule has 5 heteroatoms. The van der Waals surface area contributed by atoms with Gasteiger partial charge >= 0.3 is 0 Å². The number of likely N-dealkylation sites (tertiary alicyclic amines) is 1. The van der Waals surface area contributed by atoms with E-state index in [1.165, 1.54) is 0 Å². The van der Waals surface area contributed by atoms with Crippen LogP contribution in [-0.4, -0.2) is 48.1 Å². The van der Waals surface area contributed by atoms with Crippen molar-refractivity contribution in [3.63, 3.8) is 0 Å². The topological polar surface area (TPSA) is 58.6 Å². The molecular formula is C14H24N2O3. The molecule has 0 unspecified atom stereocenters. The first-order chi connectivity index (χ1) is 9.07. The highest BCUT2D eigenvalue weighted by atomic mass is 16.5. The van der Waals surface area contributed by atoms with E-state index in [1.54, 1.807) is 0 Å². The Balaban J connectivity index is 2.12. The van der Waals surface area contributed by atoms with E-state index >= 15 is 0 Å². The van der Waals surface area contributed by atoms with Gasteiger partial charge in [-0.25, -0.2) is 0 Å². The Kier molecular flexibility index (Phi) is 4.45. The van der Waals surface area contributed by atoms with E-state index in [1.807, 2.05) is 11.8 Å². The highest BCUT2D eigenvalue weighted by molar-refractivity contribution is 5.80. The van der Waals surface area contributed by atoms with Crippen molar-refractivity contribution >= 4 is 11.8 Å². The standard InChI is InChI=1S/C14H24N2O3/c1-3-19-10-13(18)16-9-5-8-14(2)11(16)6-4-7-12(17)15-14/h11H,3-10H2,1-2H3,(H,15,17)/t11-,14-/m0/s1. The summed E-state index contributed by atoms with van der Waals surface area (Å²) in [5.41, 5.74) is -0.270. The summed E-state index contributed by atoms with van der Waals surface area (Å²) in [5.74, 6) is 0.165. The first kappa shape index (κ1) is 14.3. The fraction of sp³-hybridized carbons (Fsp3) is 0.857. The summed E-state index contributed by atoms with van der Waals surface area (Å²) in [6.07, 6.45) is 4.20. The molecule has 2 heterocycles. The van der Waals surface area contributed by atoms with Gasteiger partial charge in [-0.2, -0.15) is 0 Å². The summed E-state index contributed by atoms with van der Waals surface area (Å²) in [6.45, 7) is 5.44. The van der Waals surface area contributed by atoms with Crippen LogP contribution in [0.5, 0.6) is 0 Å². The number of carbonyl (C=O) groups excluding carboxylic acids is 2. The summed E-state index contributed by atoms with van der Waals surface area (Å²) >= 11 is 0. The zero-order chi connectivity index (χ0) is 13.9.